The maximum absolute atomic E-state index is 10.6. The van der Waals surface area contributed by atoms with Crippen molar-refractivity contribution in [2.24, 2.45) is 12.5 Å². The maximum atomic E-state index is 10.6. The van der Waals surface area contributed by atoms with E-state index in [-0.39, 0.29) is 250 Å². The van der Waals surface area contributed by atoms with E-state index in [0.717, 1.165) is 45.4 Å². The van der Waals surface area contributed by atoms with Crippen molar-refractivity contribution < 1.29 is 193 Å². The summed E-state index contributed by atoms with van der Waals surface area (Å²) in [6, 6.07) is 17.1. The summed E-state index contributed by atoms with van der Waals surface area (Å²) in [4.78, 5) is 49.0. The van der Waals surface area contributed by atoms with Crippen LogP contribution in [-0.2, 0) is 249 Å². The van der Waals surface area contributed by atoms with Gasteiger partial charge in [-0.1, -0.05) is 284 Å². The van der Waals surface area contributed by atoms with E-state index in [1.54, 1.807) is 35.5 Å². The third-order valence-electron chi connectivity index (χ3n) is 13.4. The van der Waals surface area contributed by atoms with Gasteiger partial charge in [0, 0.05) is 214 Å². The Morgan fingerprint density at radius 3 is 1.24 bits per heavy atom. The van der Waals surface area contributed by atoms with Crippen molar-refractivity contribution in [2.75, 3.05) is 0 Å². The summed E-state index contributed by atoms with van der Waals surface area (Å²) in [5, 5.41) is 17.1. The number of cyclic esters (lactones) is 1. The molecule has 27 heteroatoms. The van der Waals surface area contributed by atoms with Crippen molar-refractivity contribution in [1.29, 1.82) is 0 Å². The van der Waals surface area contributed by atoms with Gasteiger partial charge < -0.3 is 84.8 Å². The minimum Gasteiger partial charge on any atom is -0.464 e. The summed E-state index contributed by atoms with van der Waals surface area (Å²) in [5.74, 6) is 0.620. The molecule has 0 saturated heterocycles. The third-order valence-corrected chi connectivity index (χ3v) is 13.4. The van der Waals surface area contributed by atoms with Crippen molar-refractivity contribution in [3.05, 3.63) is 217 Å². The van der Waals surface area contributed by atoms with Crippen LogP contribution in [0.1, 0.15) is 259 Å². The van der Waals surface area contributed by atoms with Crippen molar-refractivity contribution in [3.63, 3.8) is 0 Å². The van der Waals surface area contributed by atoms with Crippen molar-refractivity contribution in [1.82, 2.24) is 80.0 Å². The number of esters is 1. The number of imidazole rings is 1. The summed E-state index contributed by atoms with van der Waals surface area (Å²) in [6.07, 6.45) is 40.6. The largest absolute Gasteiger partial charge is 0.464 e. The predicted octanol–water partition coefficient (Wildman–Crippen LogP) is 16.6. The monoisotopic (exact) mass is 3000 g/mol. The van der Waals surface area contributed by atoms with Gasteiger partial charge in [0.2, 0.25) is 0 Å². The van der Waals surface area contributed by atoms with Gasteiger partial charge in [-0.2, -0.15) is 47.5 Å². The van der Waals surface area contributed by atoms with Crippen molar-refractivity contribution in [3.8, 4) is 0 Å². The Labute approximate surface area is 763 Å². The molecule has 106 heavy (non-hydrogen) atoms. The first kappa shape index (κ1) is 122. The zero-order valence-electron chi connectivity index (χ0n) is 68.0. The Kier molecular flexibility index (Phi) is 65.2. The molecule has 1 atom stereocenters. The fourth-order valence-corrected chi connectivity index (χ4v) is 6.89. The summed E-state index contributed by atoms with van der Waals surface area (Å²) in [6.45, 7) is 63.7. The van der Waals surface area contributed by atoms with Gasteiger partial charge in [0.25, 0.3) is 0 Å². The number of hydrogen-bond donors (Lipinski definition) is 3. The van der Waals surface area contributed by atoms with Crippen LogP contribution in [0.5, 0.6) is 0 Å². The second-order valence-electron chi connectivity index (χ2n) is 33.3. The summed E-state index contributed by atoms with van der Waals surface area (Å²) in [5.41, 5.74) is 10.3. The van der Waals surface area contributed by atoms with Crippen LogP contribution < -0.4 is 0 Å². The van der Waals surface area contributed by atoms with E-state index >= 15 is 0 Å². The molecule has 9 aromatic heterocycles. The number of pyridine rings is 2. The summed E-state index contributed by atoms with van der Waals surface area (Å²) >= 11 is 0. The van der Waals surface area contributed by atoms with E-state index < -0.39 is 0 Å². The van der Waals surface area contributed by atoms with E-state index in [4.69, 9.17) is 4.74 Å². The van der Waals surface area contributed by atoms with Crippen LogP contribution in [0, 0.1) is 61.4 Å². The molecule has 595 valence electrons. The standard InChI is InChI=1S/2C9H12N.C8H13N2.3C8H11N2.C8H12O2.3C7H11N2.9Re/c1-9(2,3)8-4-6-10-7-5-8;1-9(2,3)8-6-4-5-7-10-8;1-8(2,3)7-5-9-10(4)6-7;2*1-8(2,3)7-4-5-9-6-10-7;1-8(2,3)7-9-5-4-6-10-7;1-8(2,3)6-4-5-7(9)10-6;1-7(2,3)6-4-8-5-9-6;1-7(2,3)6-4-8-9-5-6;1-7(2,3)6-4-5-8-9-6;;;;;;;;;/h2*4-6H,1-3H3;6H,1-4H3;4,6H,1-3H3;2*4-5H,1-3H3;4-6H,1-3H3;3*4H,1-3H3,(H,8,9);;;;;;;;;/q6*-1;;3*-1;;;;;;;;;. The van der Waals surface area contributed by atoms with E-state index in [0.29, 0.717) is 0 Å². The second kappa shape index (κ2) is 56.7. The Morgan fingerprint density at radius 2 is 1.00 bits per heavy atom. The molecule has 0 aromatic carbocycles. The molecule has 0 spiro atoms. The molecular formula is C79H115N16O2Re9-9. The van der Waals surface area contributed by atoms with Gasteiger partial charge >= 0.3 is 5.97 Å². The normalized spacial score (nSPS) is 12.0. The third kappa shape index (κ3) is 55.1. The van der Waals surface area contributed by atoms with Gasteiger partial charge in [-0.05, 0) is 51.2 Å². The van der Waals surface area contributed by atoms with Gasteiger partial charge in [0.15, 0.2) is 0 Å². The Morgan fingerprint density at radius 1 is 0.462 bits per heavy atom. The van der Waals surface area contributed by atoms with Crippen molar-refractivity contribution in [2.45, 2.75) is 263 Å². The molecule has 0 amide bonds. The van der Waals surface area contributed by atoms with Gasteiger partial charge in [0.1, 0.15) is 6.10 Å². The smallest absolute Gasteiger partial charge is 0.331 e. The molecule has 9 aromatic rings. The van der Waals surface area contributed by atoms with Crippen LogP contribution in [-0.4, -0.2) is 92.1 Å². The zero-order valence-corrected chi connectivity index (χ0v) is 92.4. The van der Waals surface area contributed by atoms with Crippen LogP contribution in [0.3, 0.4) is 0 Å². The molecule has 9 radical (unpaired) electrons. The summed E-state index contributed by atoms with van der Waals surface area (Å²) in [7, 11) is 1.91. The molecule has 10 heterocycles. The first-order chi connectivity index (χ1) is 44.3. The van der Waals surface area contributed by atoms with E-state index in [1.165, 1.54) is 18.0 Å². The van der Waals surface area contributed by atoms with E-state index in [2.05, 4.69) is 318 Å². The fourth-order valence-electron chi connectivity index (χ4n) is 6.89. The zero-order chi connectivity index (χ0) is 74.3. The number of aryl methyl sites for hydroxylation is 1. The number of nitrogens with one attached hydrogen (secondary N) is 3. The van der Waals surface area contributed by atoms with Gasteiger partial charge in [-0.15, -0.1) is 72.3 Å². The number of aromatic nitrogens is 16. The van der Waals surface area contributed by atoms with E-state index in [1.807, 2.05) is 94.8 Å². The molecule has 3 N–H and O–H groups in total. The number of ether oxygens (including phenoxy) is 1. The molecule has 0 aliphatic carbocycles. The molecular weight excluding hydrogens is 2880 g/mol. The first-order valence-electron chi connectivity index (χ1n) is 32.6. The van der Waals surface area contributed by atoms with Gasteiger partial charge in [-0.3, -0.25) is 0 Å². The first-order valence-corrected chi connectivity index (χ1v) is 32.6. The number of carbonyl (C=O) groups is 1. The average molecular weight is 3000 g/mol. The van der Waals surface area contributed by atoms with Crippen LogP contribution >= 0.6 is 0 Å². The van der Waals surface area contributed by atoms with Crippen LogP contribution in [0.15, 0.2) is 110 Å². The Balaban J connectivity index is -0.000000140. The molecule has 0 fully saturated rings. The number of rotatable bonds is 0. The molecule has 18 nitrogen and oxygen atoms in total. The summed E-state index contributed by atoms with van der Waals surface area (Å²) < 4.78 is 6.75. The molecule has 10 rings (SSSR count). The average Bonchev–Trinajstić information content (AvgIpc) is 1.69. The molecule has 1 unspecified atom stereocenters. The topological polar surface area (TPSA) is 233 Å². The SMILES string of the molecule is CC(C)(C)C1C=CC(=O)O1.CC(C)(C)c1[c-]n[nH]c1.CC(C)(C)c1c[c-]n[nH]1.CC(C)(C)c1c[c-]ncc1.CC(C)(C)c1c[c-]ncn1.CC(C)(C)c1ccc[c-]n1.CC(C)(C)c1ccn[c-]n1.CC(C)(C)c1cn[c-][nH]1.CC(C)(C)c1n[c-]ccn1.Cn1cc(C(C)(C)C)[c-]n1.[Re].[Re].[Re].[Re].[Re].[Re].[Re].[Re].[Re]. The molecule has 0 bridgehead atoms. The number of aromatic amines is 3. The van der Waals surface area contributed by atoms with E-state index in [9.17, 15) is 4.79 Å². The number of carbonyl (C=O) groups excluding carboxylic acids is 1. The van der Waals surface area contributed by atoms with Crippen LogP contribution in [0.2, 0.25) is 0 Å². The number of H-pyrrole nitrogens is 3. The molecule has 1 aliphatic rings. The number of nitrogens with zero attached hydrogens (tertiary/aromatic N) is 13. The van der Waals surface area contributed by atoms with Crippen molar-refractivity contribution >= 4 is 5.97 Å². The Hall–Kier alpha value is -2.45. The quantitative estimate of drug-likeness (QED) is 0.0947. The fraction of sp³-hybridized carbons (Fsp3) is 0.532. The predicted molar refractivity (Wildman–Crippen MR) is 390 cm³/mol. The molecule has 0 saturated carbocycles. The Bertz CT molecular complexity index is 3120. The second-order valence-corrected chi connectivity index (χ2v) is 33.3. The minimum absolute atomic E-state index is 0. The maximum Gasteiger partial charge on any atom is 0.331 e. The molecule has 1 aliphatic heterocycles. The minimum atomic E-state index is -0.222. The van der Waals surface area contributed by atoms with Crippen LogP contribution in [0.25, 0.3) is 0 Å². The van der Waals surface area contributed by atoms with Gasteiger partial charge in [0.05, 0.1) is 0 Å². The van der Waals surface area contributed by atoms with Crippen LogP contribution in [0.4, 0.5) is 0 Å². The number of hydrogen-bond acceptors (Lipinski definition) is 14. The van der Waals surface area contributed by atoms with Gasteiger partial charge in [-0.25, -0.2) is 4.79 Å².